The molecule has 0 unspecified atom stereocenters. The molecule has 1 aromatic heterocycles. The Kier molecular flexibility index (Phi) is 5.22. The van der Waals surface area contributed by atoms with E-state index in [-0.39, 0.29) is 10.6 Å². The largest absolute Gasteiger partial charge is 0.284 e. The third-order valence-corrected chi connectivity index (χ3v) is 6.59. The van der Waals surface area contributed by atoms with Crippen molar-refractivity contribution in [1.29, 1.82) is 0 Å². The monoisotopic (exact) mass is 531 g/mol. The number of benzene rings is 4. The summed E-state index contributed by atoms with van der Waals surface area (Å²) in [6.45, 7) is 0. The van der Waals surface area contributed by atoms with Gasteiger partial charge in [0, 0.05) is 11.5 Å². The molecule has 0 saturated carbocycles. The SMILES string of the molecule is O=[N+]([O-])c1cc2c(cnn2C(c2ccccc2)(c2ccccc2)c2ccccc2)cc1I. The molecule has 156 valence electrons. The third kappa shape index (κ3) is 3.18. The van der Waals surface area contributed by atoms with Crippen molar-refractivity contribution >= 4 is 39.2 Å². The van der Waals surface area contributed by atoms with Crippen molar-refractivity contribution < 1.29 is 4.92 Å². The van der Waals surface area contributed by atoms with Gasteiger partial charge in [-0.2, -0.15) is 5.10 Å². The topological polar surface area (TPSA) is 61.0 Å². The van der Waals surface area contributed by atoms with Crippen LogP contribution in [0, 0.1) is 13.7 Å². The smallest absolute Gasteiger partial charge is 0.258 e. The lowest BCUT2D eigenvalue weighted by molar-refractivity contribution is -0.385. The lowest BCUT2D eigenvalue weighted by atomic mass is 9.77. The van der Waals surface area contributed by atoms with Crippen molar-refractivity contribution in [3.05, 3.63) is 140 Å². The lowest BCUT2D eigenvalue weighted by Gasteiger charge is -2.37. The van der Waals surface area contributed by atoms with Gasteiger partial charge in [0.2, 0.25) is 0 Å². The number of nitro groups is 1. The first-order valence-electron chi connectivity index (χ1n) is 10.1. The number of halogens is 1. The predicted molar refractivity (Wildman–Crippen MR) is 134 cm³/mol. The zero-order chi connectivity index (χ0) is 22.1. The van der Waals surface area contributed by atoms with Gasteiger partial charge in [0.05, 0.1) is 20.2 Å². The molecule has 0 amide bonds. The fourth-order valence-electron chi connectivity index (χ4n) is 4.35. The van der Waals surface area contributed by atoms with E-state index in [9.17, 15) is 10.1 Å². The van der Waals surface area contributed by atoms with Gasteiger partial charge in [-0.05, 0) is 45.3 Å². The minimum atomic E-state index is -0.813. The van der Waals surface area contributed by atoms with Gasteiger partial charge >= 0.3 is 0 Å². The average molecular weight is 531 g/mol. The van der Waals surface area contributed by atoms with E-state index < -0.39 is 5.54 Å². The van der Waals surface area contributed by atoms with E-state index in [0.717, 1.165) is 22.1 Å². The van der Waals surface area contributed by atoms with Crippen LogP contribution in [0.1, 0.15) is 16.7 Å². The molecule has 0 radical (unpaired) electrons. The lowest BCUT2D eigenvalue weighted by Crippen LogP contribution is -2.38. The highest BCUT2D eigenvalue weighted by Gasteiger charge is 2.40. The van der Waals surface area contributed by atoms with Gasteiger partial charge in [-0.15, -0.1) is 0 Å². The highest BCUT2D eigenvalue weighted by Crippen LogP contribution is 2.42. The molecule has 6 heteroatoms. The number of hydrogen-bond donors (Lipinski definition) is 0. The van der Waals surface area contributed by atoms with Crippen LogP contribution in [-0.2, 0) is 5.54 Å². The van der Waals surface area contributed by atoms with Gasteiger partial charge < -0.3 is 0 Å². The van der Waals surface area contributed by atoms with Gasteiger partial charge in [-0.1, -0.05) is 91.0 Å². The zero-order valence-electron chi connectivity index (χ0n) is 16.9. The standard InChI is InChI=1S/C26H18IN3O2/c27-23-16-19-18-28-29(24(19)17-25(23)30(31)32)26(20-10-4-1-5-11-20,21-12-6-2-7-13-21)22-14-8-3-9-15-22/h1-18H. The van der Waals surface area contributed by atoms with Crippen molar-refractivity contribution in [1.82, 2.24) is 9.78 Å². The quantitative estimate of drug-likeness (QED) is 0.114. The number of fused-ring (bicyclic) bond motifs is 1. The van der Waals surface area contributed by atoms with Crippen molar-refractivity contribution in [3.63, 3.8) is 0 Å². The Labute approximate surface area is 198 Å². The minimum Gasteiger partial charge on any atom is -0.258 e. The summed E-state index contributed by atoms with van der Waals surface area (Å²) in [6, 6.07) is 33.9. The molecule has 0 bridgehead atoms. The molecule has 4 aromatic carbocycles. The molecule has 5 aromatic rings. The molecule has 5 nitrogen and oxygen atoms in total. The summed E-state index contributed by atoms with van der Waals surface area (Å²) in [5.74, 6) is 0. The first-order valence-corrected chi connectivity index (χ1v) is 11.2. The molecule has 0 spiro atoms. The van der Waals surface area contributed by atoms with E-state index in [4.69, 9.17) is 5.10 Å². The molecule has 0 aliphatic carbocycles. The number of nitro benzene ring substituents is 1. The van der Waals surface area contributed by atoms with Crippen LogP contribution in [-0.4, -0.2) is 14.7 Å². The van der Waals surface area contributed by atoms with E-state index >= 15 is 0 Å². The molecule has 5 rings (SSSR count). The summed E-state index contributed by atoms with van der Waals surface area (Å²) in [5, 5.41) is 17.4. The molecule has 0 atom stereocenters. The van der Waals surface area contributed by atoms with Crippen LogP contribution >= 0.6 is 22.6 Å². The highest BCUT2D eigenvalue weighted by atomic mass is 127. The van der Waals surface area contributed by atoms with Crippen LogP contribution in [0.2, 0.25) is 0 Å². The van der Waals surface area contributed by atoms with Crippen molar-refractivity contribution in [3.8, 4) is 0 Å². The van der Waals surface area contributed by atoms with E-state index in [0.29, 0.717) is 9.09 Å². The summed E-state index contributed by atoms with van der Waals surface area (Å²) in [6.07, 6.45) is 1.78. The normalized spacial score (nSPS) is 11.5. The van der Waals surface area contributed by atoms with Crippen LogP contribution in [0.15, 0.2) is 109 Å². The summed E-state index contributed by atoms with van der Waals surface area (Å²) >= 11 is 2.01. The van der Waals surface area contributed by atoms with Gasteiger partial charge in [-0.3, -0.25) is 10.1 Å². The molecule has 0 fully saturated rings. The van der Waals surface area contributed by atoms with E-state index in [2.05, 4.69) is 36.4 Å². The highest BCUT2D eigenvalue weighted by molar-refractivity contribution is 14.1. The van der Waals surface area contributed by atoms with Crippen LogP contribution in [0.25, 0.3) is 10.9 Å². The molecule has 0 aliphatic heterocycles. The number of aromatic nitrogens is 2. The fourth-order valence-corrected chi connectivity index (χ4v) is 5.04. The number of hydrogen-bond acceptors (Lipinski definition) is 3. The Hall–Kier alpha value is -3.52. The van der Waals surface area contributed by atoms with Crippen molar-refractivity contribution in [2.75, 3.05) is 0 Å². The van der Waals surface area contributed by atoms with Crippen molar-refractivity contribution in [2.45, 2.75) is 5.54 Å². The summed E-state index contributed by atoms with van der Waals surface area (Å²) in [4.78, 5) is 11.4. The van der Waals surface area contributed by atoms with Gasteiger partial charge in [0.1, 0.15) is 5.54 Å². The Balaban J connectivity index is 1.96. The molecule has 0 N–H and O–H groups in total. The molecule has 0 aliphatic rings. The van der Waals surface area contributed by atoms with E-state index in [1.807, 2.05) is 87.9 Å². The van der Waals surface area contributed by atoms with E-state index in [1.165, 1.54) is 0 Å². The fraction of sp³-hybridized carbons (Fsp3) is 0.0385. The van der Waals surface area contributed by atoms with Crippen LogP contribution in [0.5, 0.6) is 0 Å². The zero-order valence-corrected chi connectivity index (χ0v) is 19.1. The van der Waals surface area contributed by atoms with E-state index in [1.54, 1.807) is 12.3 Å². The van der Waals surface area contributed by atoms with Gasteiger partial charge in [-0.25, -0.2) is 4.68 Å². The number of nitrogens with zero attached hydrogens (tertiary/aromatic N) is 3. The molecule has 32 heavy (non-hydrogen) atoms. The minimum absolute atomic E-state index is 0.0722. The van der Waals surface area contributed by atoms with Gasteiger partial charge in [0.15, 0.2) is 0 Å². The maximum atomic E-state index is 11.7. The second-order valence-corrected chi connectivity index (χ2v) is 8.65. The first-order chi connectivity index (χ1) is 15.6. The molecule has 1 heterocycles. The maximum absolute atomic E-state index is 11.7. The Morgan fingerprint density at radius 3 is 1.69 bits per heavy atom. The average Bonchev–Trinajstić information content (AvgIpc) is 3.24. The van der Waals surface area contributed by atoms with Gasteiger partial charge in [0.25, 0.3) is 5.69 Å². The molecular weight excluding hydrogens is 513 g/mol. The van der Waals surface area contributed by atoms with Crippen LogP contribution in [0.3, 0.4) is 0 Å². The predicted octanol–water partition coefficient (Wildman–Crippen LogP) is 6.39. The van der Waals surface area contributed by atoms with Crippen LogP contribution < -0.4 is 0 Å². The maximum Gasteiger partial charge on any atom is 0.284 e. The summed E-state index contributed by atoms with van der Waals surface area (Å²) in [5.41, 5.74) is 3.01. The van der Waals surface area contributed by atoms with Crippen molar-refractivity contribution in [2.24, 2.45) is 0 Å². The molecule has 0 saturated heterocycles. The second kappa shape index (κ2) is 8.20. The first kappa shape index (κ1) is 20.4. The molecular formula is C26H18IN3O2. The summed E-state index contributed by atoms with van der Waals surface area (Å²) in [7, 11) is 0. The Bertz CT molecular complexity index is 1300. The third-order valence-electron chi connectivity index (χ3n) is 5.73. The Morgan fingerprint density at radius 1 is 0.781 bits per heavy atom. The second-order valence-electron chi connectivity index (χ2n) is 7.48. The van der Waals surface area contributed by atoms with Crippen LogP contribution in [0.4, 0.5) is 5.69 Å². The number of rotatable bonds is 5. The summed E-state index contributed by atoms with van der Waals surface area (Å²) < 4.78 is 2.51. The Morgan fingerprint density at radius 2 is 1.25 bits per heavy atom.